The number of hydrogen-bond donors (Lipinski definition) is 4. The van der Waals surface area contributed by atoms with Crippen molar-refractivity contribution in [2.45, 2.75) is 0 Å². The molecule has 86 valence electrons. The topological polar surface area (TPSA) is 80.9 Å². The molecule has 1 rings (SSSR count). The summed E-state index contributed by atoms with van der Waals surface area (Å²) in [6.45, 7) is -1.62. The summed E-state index contributed by atoms with van der Waals surface area (Å²) in [6, 6.07) is 12.0. The van der Waals surface area contributed by atoms with Gasteiger partial charge in [-0.2, -0.15) is 0 Å². The van der Waals surface area contributed by atoms with Crippen molar-refractivity contribution in [3.05, 3.63) is 36.4 Å². The monoisotopic (exact) mass is 214 g/mol. The molecule has 4 N–H and O–H groups in total. The molecular formula is C11H18O4. The van der Waals surface area contributed by atoms with Crippen LogP contribution in [0.3, 0.4) is 0 Å². The standard InChI is InChI=1S/C6H6.C5H12O4/c1-2-4-6-5-3-1;6-1-5(2-7,3-8)4-9/h1-6H;6-9H,1-4H2. The van der Waals surface area contributed by atoms with Crippen molar-refractivity contribution in [2.24, 2.45) is 5.41 Å². The van der Waals surface area contributed by atoms with Crippen LogP contribution in [0.1, 0.15) is 0 Å². The van der Waals surface area contributed by atoms with Gasteiger partial charge in [0.25, 0.3) is 0 Å². The highest BCUT2D eigenvalue weighted by molar-refractivity contribution is 4.99. The molecule has 0 unspecified atom stereocenters. The molecule has 0 atom stereocenters. The van der Waals surface area contributed by atoms with Crippen molar-refractivity contribution < 1.29 is 20.4 Å². The van der Waals surface area contributed by atoms with E-state index in [1.807, 2.05) is 36.4 Å². The van der Waals surface area contributed by atoms with Crippen LogP contribution in [0, 0.1) is 5.41 Å². The van der Waals surface area contributed by atoms with E-state index in [0.717, 1.165) is 0 Å². The maximum absolute atomic E-state index is 8.50. The summed E-state index contributed by atoms with van der Waals surface area (Å²) in [5, 5.41) is 34.0. The average molecular weight is 214 g/mol. The van der Waals surface area contributed by atoms with E-state index in [0.29, 0.717) is 0 Å². The molecule has 0 fully saturated rings. The van der Waals surface area contributed by atoms with Gasteiger partial charge in [-0.05, 0) is 0 Å². The maximum atomic E-state index is 8.50. The lowest BCUT2D eigenvalue weighted by molar-refractivity contribution is -0.0328. The molecule has 0 spiro atoms. The lowest BCUT2D eigenvalue weighted by atomic mass is 9.93. The van der Waals surface area contributed by atoms with Gasteiger partial charge >= 0.3 is 0 Å². The second-order valence-electron chi connectivity index (χ2n) is 3.29. The van der Waals surface area contributed by atoms with Gasteiger partial charge in [0.05, 0.1) is 31.8 Å². The zero-order valence-electron chi connectivity index (χ0n) is 8.58. The van der Waals surface area contributed by atoms with Gasteiger partial charge in [0.1, 0.15) is 0 Å². The number of aliphatic hydroxyl groups excluding tert-OH is 4. The van der Waals surface area contributed by atoms with Gasteiger partial charge < -0.3 is 20.4 Å². The normalized spacial score (nSPS) is 10.4. The summed E-state index contributed by atoms with van der Waals surface area (Å²) >= 11 is 0. The Bertz CT molecular complexity index is 177. The van der Waals surface area contributed by atoms with E-state index in [-0.39, 0.29) is 0 Å². The van der Waals surface area contributed by atoms with E-state index in [4.69, 9.17) is 20.4 Å². The smallest absolute Gasteiger partial charge is 0.0627 e. The van der Waals surface area contributed by atoms with Crippen LogP contribution >= 0.6 is 0 Å². The lowest BCUT2D eigenvalue weighted by Gasteiger charge is -2.23. The van der Waals surface area contributed by atoms with Crippen LogP contribution < -0.4 is 0 Å². The predicted octanol–water partition coefficient (Wildman–Crippen LogP) is -0.371. The van der Waals surface area contributed by atoms with E-state index in [1.54, 1.807) is 0 Å². The summed E-state index contributed by atoms with van der Waals surface area (Å²) in [5.41, 5.74) is -1.11. The van der Waals surface area contributed by atoms with Gasteiger partial charge in [0.2, 0.25) is 0 Å². The molecule has 1 aromatic rings. The predicted molar refractivity (Wildman–Crippen MR) is 57.2 cm³/mol. The minimum atomic E-state index is -1.11. The molecule has 0 radical (unpaired) electrons. The molecule has 1 aromatic carbocycles. The summed E-state index contributed by atoms with van der Waals surface area (Å²) in [7, 11) is 0. The first-order chi connectivity index (χ1) is 7.24. The van der Waals surface area contributed by atoms with E-state index >= 15 is 0 Å². The van der Waals surface area contributed by atoms with Crippen molar-refractivity contribution in [3.63, 3.8) is 0 Å². The zero-order chi connectivity index (χ0) is 11.6. The molecule has 4 heteroatoms. The first kappa shape index (κ1) is 14.1. The third-order valence-electron chi connectivity index (χ3n) is 2.01. The lowest BCUT2D eigenvalue weighted by Crippen LogP contribution is -2.37. The van der Waals surface area contributed by atoms with Gasteiger partial charge in [0.15, 0.2) is 0 Å². The number of aliphatic hydroxyl groups is 4. The Labute approximate surface area is 89.4 Å². The first-order valence-corrected chi connectivity index (χ1v) is 4.68. The van der Waals surface area contributed by atoms with Crippen molar-refractivity contribution in [1.29, 1.82) is 0 Å². The van der Waals surface area contributed by atoms with Crippen LogP contribution in [0.15, 0.2) is 36.4 Å². The maximum Gasteiger partial charge on any atom is 0.0627 e. The minimum absolute atomic E-state index is 0.406. The fraction of sp³-hybridized carbons (Fsp3) is 0.455. The molecule has 15 heavy (non-hydrogen) atoms. The van der Waals surface area contributed by atoms with Gasteiger partial charge in [-0.15, -0.1) is 0 Å². The molecule has 0 saturated carbocycles. The van der Waals surface area contributed by atoms with E-state index in [9.17, 15) is 0 Å². The molecule has 0 aliphatic rings. The van der Waals surface area contributed by atoms with Gasteiger partial charge in [-0.25, -0.2) is 0 Å². The first-order valence-electron chi connectivity index (χ1n) is 4.68. The van der Waals surface area contributed by atoms with E-state index in [2.05, 4.69) is 0 Å². The highest BCUT2D eigenvalue weighted by Crippen LogP contribution is 2.11. The summed E-state index contributed by atoms with van der Waals surface area (Å²) in [6.07, 6.45) is 0. The third-order valence-corrected chi connectivity index (χ3v) is 2.01. The molecule has 0 aliphatic carbocycles. The highest BCUT2D eigenvalue weighted by Gasteiger charge is 2.26. The fourth-order valence-corrected chi connectivity index (χ4v) is 0.685. The number of benzene rings is 1. The molecule has 0 heterocycles. The van der Waals surface area contributed by atoms with Gasteiger partial charge in [-0.1, -0.05) is 36.4 Å². The van der Waals surface area contributed by atoms with Gasteiger partial charge in [0, 0.05) is 0 Å². The molecule has 0 amide bonds. The third kappa shape index (κ3) is 5.49. The SMILES string of the molecule is OCC(CO)(CO)CO.c1ccccc1. The van der Waals surface area contributed by atoms with Crippen molar-refractivity contribution in [1.82, 2.24) is 0 Å². The van der Waals surface area contributed by atoms with Crippen LogP contribution in [0.2, 0.25) is 0 Å². The largest absolute Gasteiger partial charge is 0.396 e. The zero-order valence-corrected chi connectivity index (χ0v) is 8.58. The second kappa shape index (κ2) is 8.38. The van der Waals surface area contributed by atoms with Crippen LogP contribution in [0.4, 0.5) is 0 Å². The van der Waals surface area contributed by atoms with Crippen LogP contribution in [0.25, 0.3) is 0 Å². The molecule has 0 bridgehead atoms. The molecule has 4 nitrogen and oxygen atoms in total. The Morgan fingerprint density at radius 1 is 0.533 bits per heavy atom. The number of hydrogen-bond acceptors (Lipinski definition) is 4. The van der Waals surface area contributed by atoms with Crippen LogP contribution in [-0.2, 0) is 0 Å². The molecule has 0 aromatic heterocycles. The second-order valence-corrected chi connectivity index (χ2v) is 3.29. The average Bonchev–Trinajstić information content (AvgIpc) is 2.36. The fourth-order valence-electron chi connectivity index (χ4n) is 0.685. The Morgan fingerprint density at radius 2 is 0.733 bits per heavy atom. The van der Waals surface area contributed by atoms with Crippen LogP contribution in [-0.4, -0.2) is 46.9 Å². The summed E-state index contributed by atoms with van der Waals surface area (Å²) in [5.74, 6) is 0. The van der Waals surface area contributed by atoms with E-state index in [1.165, 1.54) is 0 Å². The number of rotatable bonds is 4. The Kier molecular flexibility index (Phi) is 7.85. The summed E-state index contributed by atoms with van der Waals surface area (Å²) < 4.78 is 0. The van der Waals surface area contributed by atoms with Gasteiger partial charge in [-0.3, -0.25) is 0 Å². The minimum Gasteiger partial charge on any atom is -0.396 e. The Hall–Kier alpha value is -0.940. The van der Waals surface area contributed by atoms with Crippen molar-refractivity contribution >= 4 is 0 Å². The van der Waals surface area contributed by atoms with Crippen molar-refractivity contribution in [3.8, 4) is 0 Å². The highest BCUT2D eigenvalue weighted by atomic mass is 16.3. The van der Waals surface area contributed by atoms with Crippen LogP contribution in [0.5, 0.6) is 0 Å². The molecular weight excluding hydrogens is 196 g/mol. The van der Waals surface area contributed by atoms with E-state index < -0.39 is 31.8 Å². The quantitative estimate of drug-likeness (QED) is 0.551. The summed E-state index contributed by atoms with van der Waals surface area (Å²) in [4.78, 5) is 0. The molecule has 0 aliphatic heterocycles. The Morgan fingerprint density at radius 3 is 0.800 bits per heavy atom. The molecule has 0 saturated heterocycles. The van der Waals surface area contributed by atoms with Crippen molar-refractivity contribution in [2.75, 3.05) is 26.4 Å². The Balaban J connectivity index is 0.000000280.